The first kappa shape index (κ1) is 19.2. The summed E-state index contributed by atoms with van der Waals surface area (Å²) in [5, 5.41) is 5.43. The highest BCUT2D eigenvalue weighted by Gasteiger charge is 2.32. The number of hydrogen-bond acceptors (Lipinski definition) is 4. The third-order valence-electron chi connectivity index (χ3n) is 3.38. The van der Waals surface area contributed by atoms with Crippen molar-refractivity contribution >= 4 is 30.0 Å². The van der Waals surface area contributed by atoms with Crippen LogP contribution < -0.4 is 10.6 Å². The predicted octanol–water partition coefficient (Wildman–Crippen LogP) is 2.46. The molecule has 0 aromatic heterocycles. The van der Waals surface area contributed by atoms with E-state index in [0.29, 0.717) is 25.6 Å². The molecule has 1 aromatic rings. The molecule has 2 rings (SSSR count). The number of rotatable bonds is 3. The summed E-state index contributed by atoms with van der Waals surface area (Å²) in [6, 6.07) is 2.66. The van der Waals surface area contributed by atoms with E-state index < -0.39 is 17.7 Å². The van der Waals surface area contributed by atoms with E-state index in [1.165, 1.54) is 6.07 Å². The molecule has 9 heteroatoms. The van der Waals surface area contributed by atoms with E-state index in [1.54, 1.807) is 0 Å². The first-order valence-corrected chi connectivity index (χ1v) is 6.63. The fraction of sp³-hybridized carbons (Fsp3) is 0.429. The number of alkyl halides is 3. The number of amides is 1. The Morgan fingerprint density at radius 2 is 2.00 bits per heavy atom. The molecule has 0 spiro atoms. The highest BCUT2D eigenvalue weighted by atomic mass is 35.5. The number of carbonyl (C=O) groups excluding carboxylic acids is 2. The standard InChI is InChI=1S/C14H15F3N2O3.ClH/c1-22-13(21)9-4-10(14(15,16)17)6-11(5-9)19-12(20)8-2-3-18-7-8;/h4-6,8,18H,2-3,7H2,1H3,(H,19,20);1H. The van der Waals surface area contributed by atoms with Gasteiger partial charge in [-0.1, -0.05) is 0 Å². The summed E-state index contributed by atoms with van der Waals surface area (Å²) in [6.45, 7) is 1.17. The third-order valence-corrected chi connectivity index (χ3v) is 3.38. The minimum atomic E-state index is -4.63. The lowest BCUT2D eigenvalue weighted by Crippen LogP contribution is -2.25. The molecule has 1 heterocycles. The Hall–Kier alpha value is -1.80. The van der Waals surface area contributed by atoms with Gasteiger partial charge in [0.1, 0.15) is 0 Å². The molecule has 1 atom stereocenters. The second-order valence-electron chi connectivity index (χ2n) is 4.97. The Labute approximate surface area is 137 Å². The van der Waals surface area contributed by atoms with Crippen LogP contribution in [0.15, 0.2) is 18.2 Å². The summed E-state index contributed by atoms with van der Waals surface area (Å²) in [7, 11) is 1.07. The van der Waals surface area contributed by atoms with Crippen LogP contribution >= 0.6 is 12.4 Å². The Bertz CT molecular complexity index is 587. The summed E-state index contributed by atoms with van der Waals surface area (Å²) in [5.74, 6) is -1.57. The smallest absolute Gasteiger partial charge is 0.416 e. The number of methoxy groups -OCH3 is 1. The van der Waals surface area contributed by atoms with Crippen molar-refractivity contribution in [3.8, 4) is 0 Å². The molecule has 1 saturated heterocycles. The van der Waals surface area contributed by atoms with Gasteiger partial charge in [-0.3, -0.25) is 4.79 Å². The molecule has 5 nitrogen and oxygen atoms in total. The highest BCUT2D eigenvalue weighted by Crippen LogP contribution is 2.32. The van der Waals surface area contributed by atoms with Gasteiger partial charge in [-0.05, 0) is 31.2 Å². The summed E-state index contributed by atoms with van der Waals surface area (Å²) in [5.41, 5.74) is -1.36. The average molecular weight is 353 g/mol. The van der Waals surface area contributed by atoms with Crippen molar-refractivity contribution < 1.29 is 27.5 Å². The average Bonchev–Trinajstić information content (AvgIpc) is 2.99. The van der Waals surface area contributed by atoms with Crippen LogP contribution in [0.1, 0.15) is 22.3 Å². The van der Waals surface area contributed by atoms with Crippen LogP contribution in [-0.2, 0) is 15.7 Å². The maximum Gasteiger partial charge on any atom is 0.416 e. The van der Waals surface area contributed by atoms with E-state index in [1.807, 2.05) is 0 Å². The number of benzene rings is 1. The van der Waals surface area contributed by atoms with Gasteiger partial charge in [-0.15, -0.1) is 12.4 Å². The van der Waals surface area contributed by atoms with E-state index in [-0.39, 0.29) is 35.5 Å². The van der Waals surface area contributed by atoms with Crippen LogP contribution in [0.3, 0.4) is 0 Å². The molecule has 1 aliphatic rings. The minimum absolute atomic E-state index is 0. The van der Waals surface area contributed by atoms with Crippen LogP contribution in [0, 0.1) is 5.92 Å². The molecular weight excluding hydrogens is 337 g/mol. The third kappa shape index (κ3) is 4.84. The Morgan fingerprint density at radius 1 is 1.30 bits per heavy atom. The quantitative estimate of drug-likeness (QED) is 0.820. The topological polar surface area (TPSA) is 67.4 Å². The molecule has 128 valence electrons. The SMILES string of the molecule is COC(=O)c1cc(NC(=O)C2CCNC2)cc(C(F)(F)F)c1.Cl. The van der Waals surface area contributed by atoms with Crippen LogP contribution in [-0.4, -0.2) is 32.1 Å². The normalized spacial score (nSPS) is 17.3. The molecule has 0 saturated carbocycles. The molecule has 1 amide bonds. The molecule has 23 heavy (non-hydrogen) atoms. The van der Waals surface area contributed by atoms with Crippen molar-refractivity contribution in [3.05, 3.63) is 29.3 Å². The number of ether oxygens (including phenoxy) is 1. The van der Waals surface area contributed by atoms with Gasteiger partial charge < -0.3 is 15.4 Å². The highest BCUT2D eigenvalue weighted by molar-refractivity contribution is 5.96. The van der Waals surface area contributed by atoms with Crippen molar-refractivity contribution in [3.63, 3.8) is 0 Å². The molecule has 1 aliphatic heterocycles. The molecule has 1 aromatic carbocycles. The van der Waals surface area contributed by atoms with Crippen molar-refractivity contribution in [2.45, 2.75) is 12.6 Å². The van der Waals surface area contributed by atoms with Gasteiger partial charge in [-0.2, -0.15) is 13.2 Å². The van der Waals surface area contributed by atoms with E-state index in [0.717, 1.165) is 13.2 Å². The van der Waals surface area contributed by atoms with Gasteiger partial charge in [0.2, 0.25) is 5.91 Å². The maximum atomic E-state index is 12.9. The number of anilines is 1. The number of carbonyl (C=O) groups is 2. The lowest BCUT2D eigenvalue weighted by molar-refractivity contribution is -0.137. The zero-order chi connectivity index (χ0) is 16.3. The van der Waals surface area contributed by atoms with E-state index in [4.69, 9.17) is 0 Å². The molecule has 0 aliphatic carbocycles. The maximum absolute atomic E-state index is 12.9. The van der Waals surface area contributed by atoms with E-state index in [9.17, 15) is 22.8 Å². The van der Waals surface area contributed by atoms with Crippen molar-refractivity contribution in [2.24, 2.45) is 5.92 Å². The molecule has 0 radical (unpaired) electrons. The van der Waals surface area contributed by atoms with Crippen LogP contribution in [0.5, 0.6) is 0 Å². The van der Waals surface area contributed by atoms with Crippen molar-refractivity contribution in [1.29, 1.82) is 0 Å². The van der Waals surface area contributed by atoms with E-state index >= 15 is 0 Å². The van der Waals surface area contributed by atoms with Gasteiger partial charge in [-0.25, -0.2) is 4.79 Å². The molecule has 0 bridgehead atoms. The largest absolute Gasteiger partial charge is 0.465 e. The predicted molar refractivity (Wildman–Crippen MR) is 79.6 cm³/mol. The minimum Gasteiger partial charge on any atom is -0.465 e. The number of esters is 1. The van der Waals surface area contributed by atoms with Crippen LogP contribution in [0.25, 0.3) is 0 Å². The molecule has 1 fully saturated rings. The summed E-state index contributed by atoms with van der Waals surface area (Å²) < 4.78 is 43.1. The fourth-order valence-corrected chi connectivity index (χ4v) is 2.22. The summed E-state index contributed by atoms with van der Waals surface area (Å²) >= 11 is 0. The van der Waals surface area contributed by atoms with Gasteiger partial charge >= 0.3 is 12.1 Å². The van der Waals surface area contributed by atoms with Gasteiger partial charge in [0, 0.05) is 12.2 Å². The first-order valence-electron chi connectivity index (χ1n) is 6.63. The van der Waals surface area contributed by atoms with Gasteiger partial charge in [0.15, 0.2) is 0 Å². The zero-order valence-corrected chi connectivity index (χ0v) is 13.0. The fourth-order valence-electron chi connectivity index (χ4n) is 2.22. The number of halogens is 4. The monoisotopic (exact) mass is 352 g/mol. The number of nitrogens with one attached hydrogen (secondary N) is 2. The summed E-state index contributed by atoms with van der Waals surface area (Å²) in [4.78, 5) is 23.5. The lowest BCUT2D eigenvalue weighted by Gasteiger charge is -2.14. The zero-order valence-electron chi connectivity index (χ0n) is 12.2. The van der Waals surface area contributed by atoms with Gasteiger partial charge in [0.05, 0.1) is 24.2 Å². The Kier molecular flexibility index (Phi) is 6.40. The number of hydrogen-bond donors (Lipinski definition) is 2. The molecule has 1 unspecified atom stereocenters. The Balaban J connectivity index is 0.00000264. The second kappa shape index (κ2) is 7.65. The summed E-state index contributed by atoms with van der Waals surface area (Å²) in [6.07, 6.45) is -4.01. The molecule has 2 N–H and O–H groups in total. The van der Waals surface area contributed by atoms with E-state index in [2.05, 4.69) is 15.4 Å². The van der Waals surface area contributed by atoms with Crippen molar-refractivity contribution in [2.75, 3.05) is 25.5 Å². The second-order valence-corrected chi connectivity index (χ2v) is 4.97. The van der Waals surface area contributed by atoms with Gasteiger partial charge in [0.25, 0.3) is 0 Å². The Morgan fingerprint density at radius 3 is 2.52 bits per heavy atom. The van der Waals surface area contributed by atoms with Crippen LogP contribution in [0.4, 0.5) is 18.9 Å². The van der Waals surface area contributed by atoms with Crippen molar-refractivity contribution in [1.82, 2.24) is 5.32 Å². The van der Waals surface area contributed by atoms with Crippen LogP contribution in [0.2, 0.25) is 0 Å². The first-order chi connectivity index (χ1) is 10.3. The molecular formula is C14H16ClF3N2O3. The lowest BCUT2D eigenvalue weighted by atomic mass is 10.1.